The van der Waals surface area contributed by atoms with Crippen molar-refractivity contribution in [3.8, 4) is 0 Å². The first kappa shape index (κ1) is 25.5. The van der Waals surface area contributed by atoms with Crippen molar-refractivity contribution < 1.29 is 14.4 Å². The summed E-state index contributed by atoms with van der Waals surface area (Å²) in [4.78, 5) is 39.2. The number of hydrogen-bond donors (Lipinski definition) is 3. The predicted molar refractivity (Wildman–Crippen MR) is 140 cm³/mol. The van der Waals surface area contributed by atoms with Gasteiger partial charge in [0.05, 0.1) is 12.6 Å². The summed E-state index contributed by atoms with van der Waals surface area (Å²) >= 11 is 0. The standard InChI is InChI=1S/C28H32N4O3/c1-4-32(5-2)28(35)23-12-9-13-25(18-23)31-26(33)19-29-24-16-14-22(15-17-24)27(34)30-20(3)21-10-7-6-8-11-21/h6-18,20,29H,4-5,19H2,1-3H3,(H,30,34)(H,31,33). The Morgan fingerprint density at radius 1 is 0.800 bits per heavy atom. The van der Waals surface area contributed by atoms with Crippen LogP contribution in [-0.2, 0) is 4.79 Å². The first-order valence-electron chi connectivity index (χ1n) is 11.8. The molecular weight excluding hydrogens is 440 g/mol. The highest BCUT2D eigenvalue weighted by molar-refractivity contribution is 5.98. The molecule has 3 aromatic carbocycles. The summed E-state index contributed by atoms with van der Waals surface area (Å²) in [6, 6.07) is 23.6. The molecule has 0 aromatic heterocycles. The number of carbonyl (C=O) groups excluding carboxylic acids is 3. The number of carbonyl (C=O) groups is 3. The Kier molecular flexibility index (Phi) is 9.01. The molecule has 0 radical (unpaired) electrons. The van der Waals surface area contributed by atoms with Crippen molar-refractivity contribution in [3.63, 3.8) is 0 Å². The number of hydrogen-bond acceptors (Lipinski definition) is 4. The zero-order valence-corrected chi connectivity index (χ0v) is 20.4. The molecule has 7 nitrogen and oxygen atoms in total. The molecule has 182 valence electrons. The van der Waals surface area contributed by atoms with Crippen LogP contribution in [0.5, 0.6) is 0 Å². The van der Waals surface area contributed by atoms with Gasteiger partial charge >= 0.3 is 0 Å². The van der Waals surface area contributed by atoms with E-state index < -0.39 is 0 Å². The van der Waals surface area contributed by atoms with E-state index in [2.05, 4.69) is 16.0 Å². The van der Waals surface area contributed by atoms with Gasteiger partial charge in [-0.15, -0.1) is 0 Å². The minimum absolute atomic E-state index is 0.0464. The molecule has 0 aliphatic rings. The van der Waals surface area contributed by atoms with Crippen LogP contribution < -0.4 is 16.0 Å². The fourth-order valence-electron chi connectivity index (χ4n) is 3.66. The molecule has 0 saturated carbocycles. The summed E-state index contributed by atoms with van der Waals surface area (Å²) in [7, 11) is 0. The number of nitrogens with zero attached hydrogens (tertiary/aromatic N) is 1. The zero-order chi connectivity index (χ0) is 25.2. The Bertz CT molecular complexity index is 1140. The second-order valence-corrected chi connectivity index (χ2v) is 8.14. The van der Waals surface area contributed by atoms with Gasteiger partial charge < -0.3 is 20.9 Å². The Morgan fingerprint density at radius 2 is 1.49 bits per heavy atom. The van der Waals surface area contributed by atoms with Crippen molar-refractivity contribution in [3.05, 3.63) is 95.6 Å². The third-order valence-electron chi connectivity index (χ3n) is 5.69. The first-order chi connectivity index (χ1) is 16.9. The van der Waals surface area contributed by atoms with Gasteiger partial charge in [-0.25, -0.2) is 0 Å². The number of anilines is 2. The lowest BCUT2D eigenvalue weighted by atomic mass is 10.1. The molecule has 0 fully saturated rings. The van der Waals surface area contributed by atoms with Gasteiger partial charge in [0, 0.05) is 35.6 Å². The van der Waals surface area contributed by atoms with Gasteiger partial charge in [-0.2, -0.15) is 0 Å². The maximum absolute atomic E-state index is 12.5. The molecule has 35 heavy (non-hydrogen) atoms. The van der Waals surface area contributed by atoms with E-state index in [0.29, 0.717) is 29.9 Å². The van der Waals surface area contributed by atoms with Gasteiger partial charge in [0.25, 0.3) is 11.8 Å². The fourth-order valence-corrected chi connectivity index (χ4v) is 3.66. The van der Waals surface area contributed by atoms with Crippen LogP contribution in [0.25, 0.3) is 0 Å². The van der Waals surface area contributed by atoms with E-state index in [-0.39, 0.29) is 30.3 Å². The third-order valence-corrected chi connectivity index (χ3v) is 5.69. The summed E-state index contributed by atoms with van der Waals surface area (Å²) in [5.41, 5.74) is 3.40. The maximum atomic E-state index is 12.5. The number of nitrogens with one attached hydrogen (secondary N) is 3. The second kappa shape index (κ2) is 12.4. The molecule has 0 saturated heterocycles. The largest absolute Gasteiger partial charge is 0.376 e. The van der Waals surface area contributed by atoms with Gasteiger partial charge in [0.15, 0.2) is 0 Å². The topological polar surface area (TPSA) is 90.5 Å². The van der Waals surface area contributed by atoms with Gasteiger partial charge in [0.2, 0.25) is 5.91 Å². The Labute approximate surface area is 206 Å². The zero-order valence-electron chi connectivity index (χ0n) is 20.4. The number of amides is 3. The van der Waals surface area contributed by atoms with Crippen molar-refractivity contribution in [2.45, 2.75) is 26.8 Å². The highest BCUT2D eigenvalue weighted by Gasteiger charge is 2.14. The first-order valence-corrected chi connectivity index (χ1v) is 11.8. The molecule has 0 aliphatic carbocycles. The molecule has 0 bridgehead atoms. The summed E-state index contributed by atoms with van der Waals surface area (Å²) in [5.74, 6) is -0.466. The van der Waals surface area contributed by atoms with Crippen molar-refractivity contribution in [2.24, 2.45) is 0 Å². The molecule has 1 atom stereocenters. The summed E-state index contributed by atoms with van der Waals surface area (Å²) in [6.45, 7) is 7.11. The minimum atomic E-state index is -0.240. The molecule has 7 heteroatoms. The molecule has 3 rings (SSSR count). The maximum Gasteiger partial charge on any atom is 0.253 e. The van der Waals surface area contributed by atoms with Crippen molar-refractivity contribution in [1.29, 1.82) is 0 Å². The molecule has 0 spiro atoms. The number of rotatable bonds is 10. The van der Waals surface area contributed by atoms with Gasteiger partial charge in [-0.05, 0) is 68.8 Å². The fraction of sp³-hybridized carbons (Fsp3) is 0.250. The van der Waals surface area contributed by atoms with Crippen LogP contribution in [0.3, 0.4) is 0 Å². The average molecular weight is 473 g/mol. The van der Waals surface area contributed by atoms with Gasteiger partial charge in [0.1, 0.15) is 0 Å². The van der Waals surface area contributed by atoms with E-state index in [4.69, 9.17) is 0 Å². The van der Waals surface area contributed by atoms with Crippen LogP contribution in [0.4, 0.5) is 11.4 Å². The van der Waals surface area contributed by atoms with Crippen LogP contribution in [0.1, 0.15) is 53.1 Å². The van der Waals surface area contributed by atoms with E-state index >= 15 is 0 Å². The van der Waals surface area contributed by atoms with Crippen molar-refractivity contribution >= 4 is 29.1 Å². The highest BCUT2D eigenvalue weighted by Crippen LogP contribution is 2.15. The van der Waals surface area contributed by atoms with Gasteiger partial charge in [-0.1, -0.05) is 36.4 Å². The number of benzene rings is 3. The van der Waals surface area contributed by atoms with Crippen LogP contribution in [0.2, 0.25) is 0 Å². The van der Waals surface area contributed by atoms with E-state index in [1.54, 1.807) is 53.4 Å². The Balaban J connectivity index is 1.51. The quantitative estimate of drug-likeness (QED) is 0.399. The molecular formula is C28H32N4O3. The van der Waals surface area contributed by atoms with Crippen LogP contribution in [-0.4, -0.2) is 42.3 Å². The van der Waals surface area contributed by atoms with E-state index in [9.17, 15) is 14.4 Å². The monoisotopic (exact) mass is 472 g/mol. The Hall–Kier alpha value is -4.13. The van der Waals surface area contributed by atoms with Crippen LogP contribution in [0, 0.1) is 0 Å². The second-order valence-electron chi connectivity index (χ2n) is 8.14. The summed E-state index contributed by atoms with van der Waals surface area (Å²) < 4.78 is 0. The van der Waals surface area contributed by atoms with E-state index in [0.717, 1.165) is 11.3 Å². The molecule has 1 unspecified atom stereocenters. The molecule has 3 amide bonds. The van der Waals surface area contributed by atoms with Crippen LogP contribution in [0.15, 0.2) is 78.9 Å². The normalized spacial score (nSPS) is 11.3. The average Bonchev–Trinajstić information content (AvgIpc) is 2.89. The molecule has 0 aliphatic heterocycles. The Morgan fingerprint density at radius 3 is 2.14 bits per heavy atom. The minimum Gasteiger partial charge on any atom is -0.376 e. The van der Waals surface area contributed by atoms with Crippen LogP contribution >= 0.6 is 0 Å². The SMILES string of the molecule is CCN(CC)C(=O)c1cccc(NC(=O)CNc2ccc(C(=O)NC(C)c3ccccc3)cc2)c1. The van der Waals surface area contributed by atoms with Crippen molar-refractivity contribution in [2.75, 3.05) is 30.3 Å². The highest BCUT2D eigenvalue weighted by atomic mass is 16.2. The summed E-state index contributed by atoms with van der Waals surface area (Å²) in [6.07, 6.45) is 0. The molecule has 3 N–H and O–H groups in total. The van der Waals surface area contributed by atoms with Crippen molar-refractivity contribution in [1.82, 2.24) is 10.2 Å². The molecule has 3 aromatic rings. The summed E-state index contributed by atoms with van der Waals surface area (Å²) in [5, 5.41) is 8.85. The van der Waals surface area contributed by atoms with E-state index in [1.807, 2.05) is 51.1 Å². The lowest BCUT2D eigenvalue weighted by Gasteiger charge is -2.19. The smallest absolute Gasteiger partial charge is 0.253 e. The van der Waals surface area contributed by atoms with E-state index in [1.165, 1.54) is 0 Å². The third kappa shape index (κ3) is 7.17. The lowest BCUT2D eigenvalue weighted by Crippen LogP contribution is -2.30. The lowest BCUT2D eigenvalue weighted by molar-refractivity contribution is -0.114. The molecule has 0 heterocycles. The van der Waals surface area contributed by atoms with Gasteiger partial charge in [-0.3, -0.25) is 14.4 Å². The predicted octanol–water partition coefficient (Wildman–Crippen LogP) is 4.71.